The van der Waals surface area contributed by atoms with Crippen LogP contribution >= 0.6 is 23.4 Å². The number of hydrogen-bond acceptors (Lipinski definition) is 3. The molecule has 1 heterocycles. The summed E-state index contributed by atoms with van der Waals surface area (Å²) in [6, 6.07) is 7.03. The van der Waals surface area contributed by atoms with E-state index >= 15 is 0 Å². The van der Waals surface area contributed by atoms with Gasteiger partial charge in [-0.1, -0.05) is 23.7 Å². The zero-order valence-corrected chi connectivity index (χ0v) is 12.6. The molecule has 18 heavy (non-hydrogen) atoms. The van der Waals surface area contributed by atoms with Crippen LogP contribution in [-0.2, 0) is 15.8 Å². The molecule has 2 rings (SSSR count). The van der Waals surface area contributed by atoms with E-state index in [4.69, 9.17) is 11.6 Å². The van der Waals surface area contributed by atoms with Crippen molar-refractivity contribution in [2.45, 2.75) is 17.4 Å². The van der Waals surface area contributed by atoms with Gasteiger partial charge in [-0.3, -0.25) is 0 Å². The highest BCUT2D eigenvalue weighted by Crippen LogP contribution is 2.24. The summed E-state index contributed by atoms with van der Waals surface area (Å²) in [7, 11) is -3.21. The van der Waals surface area contributed by atoms with Gasteiger partial charge in [-0.25, -0.2) is 12.7 Å². The molecule has 1 aromatic carbocycles. The van der Waals surface area contributed by atoms with Crippen molar-refractivity contribution in [1.29, 1.82) is 0 Å². The SMILES string of the molecule is CS[C@H]1CCN(S(=O)(=O)Cc2cccc(Cl)c2)C1. The van der Waals surface area contributed by atoms with Gasteiger partial charge in [0.15, 0.2) is 0 Å². The first-order valence-corrected chi connectivity index (χ1v) is 9.04. The number of nitrogens with zero attached hydrogens (tertiary/aromatic N) is 1. The minimum absolute atomic E-state index is 0.0364. The third-order valence-electron chi connectivity index (χ3n) is 3.07. The molecule has 1 atom stereocenters. The predicted molar refractivity (Wildman–Crippen MR) is 77.6 cm³/mol. The minimum atomic E-state index is -3.21. The first-order valence-electron chi connectivity index (χ1n) is 5.76. The normalized spacial score (nSPS) is 21.3. The zero-order chi connectivity index (χ0) is 13.2. The molecule has 0 amide bonds. The van der Waals surface area contributed by atoms with Crippen molar-refractivity contribution in [2.75, 3.05) is 19.3 Å². The monoisotopic (exact) mass is 305 g/mol. The lowest BCUT2D eigenvalue weighted by Gasteiger charge is -2.16. The van der Waals surface area contributed by atoms with E-state index in [0.717, 1.165) is 12.0 Å². The molecule has 0 aliphatic carbocycles. The fourth-order valence-electron chi connectivity index (χ4n) is 2.07. The van der Waals surface area contributed by atoms with Crippen LogP contribution in [-0.4, -0.2) is 37.3 Å². The smallest absolute Gasteiger partial charge is 0.212 e. The van der Waals surface area contributed by atoms with Crippen LogP contribution in [0.15, 0.2) is 24.3 Å². The van der Waals surface area contributed by atoms with Gasteiger partial charge in [0.25, 0.3) is 0 Å². The quantitative estimate of drug-likeness (QED) is 0.858. The van der Waals surface area contributed by atoms with E-state index in [9.17, 15) is 8.42 Å². The van der Waals surface area contributed by atoms with Gasteiger partial charge in [-0.05, 0) is 30.4 Å². The molecule has 0 radical (unpaired) electrons. The van der Waals surface area contributed by atoms with Gasteiger partial charge in [0.1, 0.15) is 0 Å². The predicted octanol–water partition coefficient (Wildman–Crippen LogP) is 2.61. The van der Waals surface area contributed by atoms with Crippen LogP contribution in [0.2, 0.25) is 5.02 Å². The average molecular weight is 306 g/mol. The largest absolute Gasteiger partial charge is 0.218 e. The molecule has 0 spiro atoms. The summed E-state index contributed by atoms with van der Waals surface area (Å²) < 4.78 is 26.1. The molecule has 100 valence electrons. The fraction of sp³-hybridized carbons (Fsp3) is 0.500. The minimum Gasteiger partial charge on any atom is -0.212 e. The Kier molecular flexibility index (Phi) is 4.59. The van der Waals surface area contributed by atoms with Gasteiger partial charge in [0.2, 0.25) is 10.0 Å². The topological polar surface area (TPSA) is 37.4 Å². The first kappa shape index (κ1) is 14.2. The Morgan fingerprint density at radius 3 is 2.89 bits per heavy atom. The van der Waals surface area contributed by atoms with Crippen LogP contribution < -0.4 is 0 Å². The molecule has 0 unspecified atom stereocenters. The second-order valence-corrected chi connectivity index (χ2v) is 7.93. The van der Waals surface area contributed by atoms with Crippen LogP contribution in [0.4, 0.5) is 0 Å². The lowest BCUT2D eigenvalue weighted by Crippen LogP contribution is -2.30. The van der Waals surface area contributed by atoms with Crippen LogP contribution in [0.1, 0.15) is 12.0 Å². The Morgan fingerprint density at radius 2 is 2.28 bits per heavy atom. The fourth-order valence-corrected chi connectivity index (χ4v) is 4.62. The second kappa shape index (κ2) is 5.82. The molecular formula is C12H16ClNO2S2. The van der Waals surface area contributed by atoms with Gasteiger partial charge < -0.3 is 0 Å². The first-order chi connectivity index (χ1) is 8.51. The summed E-state index contributed by atoms with van der Waals surface area (Å²) >= 11 is 7.60. The molecule has 0 saturated carbocycles. The molecule has 0 aromatic heterocycles. The molecule has 0 N–H and O–H groups in total. The summed E-state index contributed by atoms with van der Waals surface area (Å²) in [4.78, 5) is 0. The van der Waals surface area contributed by atoms with Crippen LogP contribution in [0.3, 0.4) is 0 Å². The van der Waals surface area contributed by atoms with E-state index in [1.54, 1.807) is 40.3 Å². The van der Waals surface area contributed by atoms with Crippen LogP contribution in [0.5, 0.6) is 0 Å². The maximum atomic E-state index is 12.2. The Morgan fingerprint density at radius 1 is 1.50 bits per heavy atom. The van der Waals surface area contributed by atoms with Crippen molar-refractivity contribution in [3.8, 4) is 0 Å². The van der Waals surface area contributed by atoms with Gasteiger partial charge in [-0.15, -0.1) is 0 Å². The van der Waals surface area contributed by atoms with Crippen molar-refractivity contribution in [1.82, 2.24) is 4.31 Å². The lowest BCUT2D eigenvalue weighted by atomic mass is 10.2. The maximum Gasteiger partial charge on any atom is 0.218 e. The van der Waals surface area contributed by atoms with Gasteiger partial charge in [0, 0.05) is 23.4 Å². The number of benzene rings is 1. The average Bonchev–Trinajstić information content (AvgIpc) is 2.77. The molecule has 1 aromatic rings. The third kappa shape index (κ3) is 3.41. The highest BCUT2D eigenvalue weighted by atomic mass is 35.5. The molecule has 1 fully saturated rings. The number of hydrogen-bond donors (Lipinski definition) is 0. The van der Waals surface area contributed by atoms with E-state index in [0.29, 0.717) is 23.4 Å². The van der Waals surface area contributed by atoms with Crippen molar-refractivity contribution < 1.29 is 8.42 Å². The highest BCUT2D eigenvalue weighted by molar-refractivity contribution is 7.99. The summed E-state index contributed by atoms with van der Waals surface area (Å²) in [6.07, 6.45) is 2.97. The second-order valence-electron chi connectivity index (χ2n) is 4.39. The summed E-state index contributed by atoms with van der Waals surface area (Å²) in [5, 5.41) is 1.00. The van der Waals surface area contributed by atoms with Gasteiger partial charge in [-0.2, -0.15) is 11.8 Å². The maximum absolute atomic E-state index is 12.2. The molecular weight excluding hydrogens is 290 g/mol. The number of sulfonamides is 1. The van der Waals surface area contributed by atoms with Crippen molar-refractivity contribution in [3.05, 3.63) is 34.9 Å². The van der Waals surface area contributed by atoms with Crippen molar-refractivity contribution in [2.24, 2.45) is 0 Å². The van der Waals surface area contributed by atoms with E-state index in [-0.39, 0.29) is 5.75 Å². The Hall–Kier alpha value is -0.230. The molecule has 0 bridgehead atoms. The molecule has 1 saturated heterocycles. The van der Waals surface area contributed by atoms with E-state index in [1.807, 2.05) is 6.26 Å². The molecule has 1 aliphatic heterocycles. The molecule has 1 aliphatic rings. The summed E-state index contributed by atoms with van der Waals surface area (Å²) in [6.45, 7) is 1.26. The standard InChI is InChI=1S/C12H16ClNO2S2/c1-17-12-5-6-14(8-12)18(15,16)9-10-3-2-4-11(13)7-10/h2-4,7,12H,5-6,8-9H2,1H3/t12-/m0/s1. The lowest BCUT2D eigenvalue weighted by molar-refractivity contribution is 0.477. The highest BCUT2D eigenvalue weighted by Gasteiger charge is 2.30. The van der Waals surface area contributed by atoms with Gasteiger partial charge in [0.05, 0.1) is 5.75 Å². The third-order valence-corrected chi connectivity index (χ3v) is 6.18. The van der Waals surface area contributed by atoms with E-state index in [1.165, 1.54) is 0 Å². The van der Waals surface area contributed by atoms with Crippen LogP contribution in [0.25, 0.3) is 0 Å². The van der Waals surface area contributed by atoms with E-state index in [2.05, 4.69) is 0 Å². The number of thioether (sulfide) groups is 1. The molecule has 6 heteroatoms. The number of rotatable bonds is 4. The Bertz CT molecular complexity index is 519. The van der Waals surface area contributed by atoms with Crippen molar-refractivity contribution in [3.63, 3.8) is 0 Å². The van der Waals surface area contributed by atoms with Crippen LogP contribution in [0, 0.1) is 0 Å². The van der Waals surface area contributed by atoms with E-state index < -0.39 is 10.0 Å². The van der Waals surface area contributed by atoms with Gasteiger partial charge >= 0.3 is 0 Å². The number of halogens is 1. The summed E-state index contributed by atoms with van der Waals surface area (Å²) in [5.74, 6) is 0.0364. The zero-order valence-electron chi connectivity index (χ0n) is 10.2. The van der Waals surface area contributed by atoms with Crippen molar-refractivity contribution >= 4 is 33.4 Å². The summed E-state index contributed by atoms with van der Waals surface area (Å²) in [5.41, 5.74) is 0.745. The Labute approximate surface area is 118 Å². The Balaban J connectivity index is 2.08. The molecule has 3 nitrogen and oxygen atoms in total.